The van der Waals surface area contributed by atoms with Crippen LogP contribution in [0.4, 0.5) is 13.2 Å². The van der Waals surface area contributed by atoms with E-state index in [4.69, 9.17) is 9.15 Å². The second-order valence-corrected chi connectivity index (χ2v) is 7.21. The van der Waals surface area contributed by atoms with Crippen LogP contribution in [-0.4, -0.2) is 34.6 Å². The first-order valence-corrected chi connectivity index (χ1v) is 9.14. The van der Waals surface area contributed by atoms with Gasteiger partial charge in [0.15, 0.2) is 6.39 Å². The maximum atomic E-state index is 12.7. The zero-order valence-electron chi connectivity index (χ0n) is 15.5. The molecule has 3 rings (SSSR count). The van der Waals surface area contributed by atoms with E-state index in [0.717, 1.165) is 50.0 Å². The zero-order chi connectivity index (χ0) is 19.4. The number of nitrogens with zero attached hydrogens (tertiary/aromatic N) is 3. The number of alkyl halides is 3. The Kier molecular flexibility index (Phi) is 6.04. The number of pyridine rings is 1. The van der Waals surface area contributed by atoms with Crippen molar-refractivity contribution in [1.82, 2.24) is 14.9 Å². The summed E-state index contributed by atoms with van der Waals surface area (Å²) in [6.45, 7) is 7.09. The molecule has 0 saturated carbocycles. The first kappa shape index (κ1) is 19.7. The molecule has 2 aromatic heterocycles. The lowest BCUT2D eigenvalue weighted by Crippen LogP contribution is -2.35. The predicted octanol–water partition coefficient (Wildman–Crippen LogP) is 4.50. The molecule has 0 aliphatic carbocycles. The van der Waals surface area contributed by atoms with E-state index in [1.807, 2.05) is 0 Å². The molecule has 0 aromatic carbocycles. The third-order valence-corrected chi connectivity index (χ3v) is 4.76. The van der Waals surface area contributed by atoms with E-state index in [-0.39, 0.29) is 5.88 Å². The molecule has 0 spiro atoms. The number of piperidine rings is 1. The van der Waals surface area contributed by atoms with Crippen LogP contribution in [0.15, 0.2) is 29.0 Å². The first-order valence-electron chi connectivity index (χ1n) is 9.14. The number of oxazole rings is 1. The Morgan fingerprint density at radius 1 is 1.26 bits per heavy atom. The fourth-order valence-corrected chi connectivity index (χ4v) is 3.25. The van der Waals surface area contributed by atoms with Crippen molar-refractivity contribution in [2.75, 3.05) is 19.7 Å². The average molecular weight is 383 g/mol. The van der Waals surface area contributed by atoms with E-state index in [1.165, 1.54) is 18.5 Å². The highest BCUT2D eigenvalue weighted by molar-refractivity contribution is 5.17. The van der Waals surface area contributed by atoms with Crippen molar-refractivity contribution >= 4 is 0 Å². The van der Waals surface area contributed by atoms with Gasteiger partial charge in [0.1, 0.15) is 11.5 Å². The van der Waals surface area contributed by atoms with E-state index >= 15 is 0 Å². The van der Waals surface area contributed by atoms with Crippen molar-refractivity contribution in [2.45, 2.75) is 45.3 Å². The number of hydrogen-bond acceptors (Lipinski definition) is 5. The van der Waals surface area contributed by atoms with Crippen molar-refractivity contribution in [1.29, 1.82) is 0 Å². The molecule has 0 atom stereocenters. The molecule has 0 amide bonds. The van der Waals surface area contributed by atoms with E-state index in [9.17, 15) is 13.2 Å². The van der Waals surface area contributed by atoms with E-state index in [0.29, 0.717) is 18.4 Å². The molecular weight excluding hydrogens is 359 g/mol. The second-order valence-electron chi connectivity index (χ2n) is 7.21. The van der Waals surface area contributed by atoms with Crippen LogP contribution in [0.5, 0.6) is 5.88 Å². The third-order valence-electron chi connectivity index (χ3n) is 4.76. The highest BCUT2D eigenvalue weighted by Gasteiger charge is 2.32. The Morgan fingerprint density at radius 2 is 2.00 bits per heavy atom. The molecule has 3 heterocycles. The minimum atomic E-state index is -4.46. The minimum absolute atomic E-state index is 0.0245. The molecular formula is C19H24F3N3O2. The van der Waals surface area contributed by atoms with Crippen LogP contribution in [0.3, 0.4) is 0 Å². The fourth-order valence-electron chi connectivity index (χ4n) is 3.25. The molecule has 1 fully saturated rings. The smallest absolute Gasteiger partial charge is 0.433 e. The Balaban J connectivity index is 1.47. The van der Waals surface area contributed by atoms with Gasteiger partial charge in [0, 0.05) is 18.5 Å². The number of ether oxygens (including phenoxy) is 1. The molecule has 27 heavy (non-hydrogen) atoms. The molecule has 1 aliphatic heterocycles. The summed E-state index contributed by atoms with van der Waals surface area (Å²) in [4.78, 5) is 10.2. The summed E-state index contributed by atoms with van der Waals surface area (Å²) in [6, 6.07) is 3.72. The Morgan fingerprint density at radius 3 is 2.67 bits per heavy atom. The summed E-state index contributed by atoms with van der Waals surface area (Å²) in [5.41, 5.74) is 0.0521. The number of hydrogen-bond donors (Lipinski definition) is 0. The van der Waals surface area contributed by atoms with Gasteiger partial charge in [0.2, 0.25) is 5.88 Å². The van der Waals surface area contributed by atoms with Crippen molar-refractivity contribution in [3.8, 4) is 5.88 Å². The molecule has 0 unspecified atom stereocenters. The van der Waals surface area contributed by atoms with Crippen molar-refractivity contribution in [3.63, 3.8) is 0 Å². The molecule has 148 valence electrons. The van der Waals surface area contributed by atoms with Gasteiger partial charge in [-0.2, -0.15) is 13.2 Å². The lowest BCUT2D eigenvalue weighted by molar-refractivity contribution is -0.141. The van der Waals surface area contributed by atoms with Crippen LogP contribution in [0.2, 0.25) is 0 Å². The van der Waals surface area contributed by atoms with Crippen LogP contribution in [0.25, 0.3) is 0 Å². The molecule has 0 bridgehead atoms. The van der Waals surface area contributed by atoms with Gasteiger partial charge < -0.3 is 9.15 Å². The molecule has 8 heteroatoms. The average Bonchev–Trinajstić information content (AvgIpc) is 3.09. The Bertz CT molecular complexity index is 738. The van der Waals surface area contributed by atoms with E-state index < -0.39 is 11.9 Å². The van der Waals surface area contributed by atoms with Gasteiger partial charge in [0.25, 0.3) is 0 Å². The zero-order valence-corrected chi connectivity index (χ0v) is 15.5. The monoisotopic (exact) mass is 383 g/mol. The summed E-state index contributed by atoms with van der Waals surface area (Å²) in [7, 11) is 0. The van der Waals surface area contributed by atoms with Gasteiger partial charge in [-0.1, -0.05) is 19.9 Å². The topological polar surface area (TPSA) is 51.4 Å². The maximum Gasteiger partial charge on any atom is 0.433 e. The quantitative estimate of drug-likeness (QED) is 0.735. The van der Waals surface area contributed by atoms with Gasteiger partial charge in [-0.3, -0.25) is 4.90 Å². The molecule has 1 saturated heterocycles. The van der Waals surface area contributed by atoms with Gasteiger partial charge in [0.05, 0.1) is 12.3 Å². The van der Waals surface area contributed by atoms with Gasteiger partial charge in [-0.25, -0.2) is 9.97 Å². The number of likely N-dealkylation sites (tertiary alicyclic amines) is 1. The highest BCUT2D eigenvalue weighted by atomic mass is 19.4. The lowest BCUT2D eigenvalue weighted by Gasteiger charge is -2.31. The second kappa shape index (κ2) is 8.29. The van der Waals surface area contributed by atoms with Crippen molar-refractivity contribution in [2.24, 2.45) is 5.92 Å². The molecule has 2 aromatic rings. The standard InChI is InChI=1S/C19H24F3N3O2/c1-13(2)18-15(23-12-27-18)10-25-8-6-14(7-9-25)11-26-17-5-3-4-16(24-17)19(20,21)22/h3-5,12-14H,6-11H2,1-2H3. The van der Waals surface area contributed by atoms with Crippen LogP contribution in [0.1, 0.15) is 49.8 Å². The summed E-state index contributed by atoms with van der Waals surface area (Å²) in [6.07, 6.45) is -1.12. The minimum Gasteiger partial charge on any atom is -0.477 e. The number of halogens is 3. The summed E-state index contributed by atoms with van der Waals surface area (Å²) in [5, 5.41) is 0. The van der Waals surface area contributed by atoms with Crippen molar-refractivity contribution in [3.05, 3.63) is 41.7 Å². The molecule has 0 N–H and O–H groups in total. The van der Waals surface area contributed by atoms with E-state index in [2.05, 4.69) is 28.7 Å². The first-order chi connectivity index (χ1) is 12.8. The molecule has 5 nitrogen and oxygen atoms in total. The van der Waals surface area contributed by atoms with Crippen LogP contribution in [0, 0.1) is 5.92 Å². The van der Waals surface area contributed by atoms with E-state index in [1.54, 1.807) is 0 Å². The SMILES string of the molecule is CC(C)c1ocnc1CN1CCC(COc2cccc(C(F)(F)F)n2)CC1. The Hall–Kier alpha value is -2.09. The van der Waals surface area contributed by atoms with Gasteiger partial charge in [-0.05, 0) is 37.9 Å². The van der Waals surface area contributed by atoms with Gasteiger partial charge in [-0.15, -0.1) is 0 Å². The highest BCUT2D eigenvalue weighted by Crippen LogP contribution is 2.29. The van der Waals surface area contributed by atoms with Crippen molar-refractivity contribution < 1.29 is 22.3 Å². The lowest BCUT2D eigenvalue weighted by atomic mass is 9.97. The predicted molar refractivity (Wildman–Crippen MR) is 93.3 cm³/mol. The summed E-state index contributed by atoms with van der Waals surface area (Å²) >= 11 is 0. The summed E-state index contributed by atoms with van der Waals surface area (Å²) < 4.78 is 49.1. The number of rotatable bonds is 6. The fraction of sp³-hybridized carbons (Fsp3) is 0.579. The third kappa shape index (κ3) is 5.22. The summed E-state index contributed by atoms with van der Waals surface area (Å²) in [5.74, 6) is 1.56. The Labute approximate surface area is 156 Å². The molecule has 1 aliphatic rings. The normalized spacial score (nSPS) is 16.8. The van der Waals surface area contributed by atoms with Crippen LogP contribution < -0.4 is 4.74 Å². The van der Waals surface area contributed by atoms with Crippen LogP contribution >= 0.6 is 0 Å². The maximum absolute atomic E-state index is 12.7. The number of aromatic nitrogens is 2. The van der Waals surface area contributed by atoms with Crippen LogP contribution in [-0.2, 0) is 12.7 Å². The largest absolute Gasteiger partial charge is 0.477 e. The van der Waals surface area contributed by atoms with Gasteiger partial charge >= 0.3 is 6.18 Å². The molecule has 0 radical (unpaired) electrons.